The summed E-state index contributed by atoms with van der Waals surface area (Å²) < 4.78 is 27.8. The molecule has 0 atom stereocenters. The van der Waals surface area contributed by atoms with Crippen LogP contribution in [0.1, 0.15) is 17.5 Å². The van der Waals surface area contributed by atoms with E-state index in [4.69, 9.17) is 0 Å². The van der Waals surface area contributed by atoms with E-state index in [9.17, 15) is 13.2 Å². The molecule has 35 heavy (non-hydrogen) atoms. The molecule has 0 unspecified atom stereocenters. The number of nitrogens with one attached hydrogen (secondary N) is 2. The molecule has 0 radical (unpaired) electrons. The lowest BCUT2D eigenvalue weighted by atomic mass is 10.1. The van der Waals surface area contributed by atoms with Gasteiger partial charge in [-0.15, -0.1) is 0 Å². The monoisotopic (exact) mass is 502 g/mol. The van der Waals surface area contributed by atoms with Gasteiger partial charge < -0.3 is 5.32 Å². The van der Waals surface area contributed by atoms with E-state index in [0.29, 0.717) is 12.8 Å². The number of anilines is 1. The molecular weight excluding hydrogens is 476 g/mol. The van der Waals surface area contributed by atoms with E-state index in [2.05, 4.69) is 10.0 Å². The maximum atomic E-state index is 12.6. The Labute approximate surface area is 210 Å². The van der Waals surface area contributed by atoms with Crippen molar-refractivity contribution in [3.63, 3.8) is 0 Å². The van der Waals surface area contributed by atoms with Gasteiger partial charge in [0.2, 0.25) is 15.9 Å². The molecule has 7 heteroatoms. The Hall–Kier alpha value is -3.39. The lowest BCUT2D eigenvalue weighted by Crippen LogP contribution is -2.23. The molecule has 0 aliphatic heterocycles. The van der Waals surface area contributed by atoms with Crippen LogP contribution in [0.25, 0.3) is 0 Å². The van der Waals surface area contributed by atoms with Crippen LogP contribution in [0.4, 0.5) is 5.69 Å². The van der Waals surface area contributed by atoms with Crippen LogP contribution in [-0.2, 0) is 27.8 Å². The van der Waals surface area contributed by atoms with Gasteiger partial charge in [-0.25, -0.2) is 13.1 Å². The number of rotatable bonds is 10. The fourth-order valence-corrected chi connectivity index (χ4v) is 5.38. The summed E-state index contributed by atoms with van der Waals surface area (Å²) in [4.78, 5) is 14.9. The van der Waals surface area contributed by atoms with Crippen LogP contribution in [0.3, 0.4) is 0 Å². The summed E-state index contributed by atoms with van der Waals surface area (Å²) in [6.07, 6.45) is 0.806. The minimum atomic E-state index is -3.61. The van der Waals surface area contributed by atoms with Crippen molar-refractivity contribution < 1.29 is 13.2 Å². The van der Waals surface area contributed by atoms with E-state index in [-0.39, 0.29) is 17.3 Å². The summed E-state index contributed by atoms with van der Waals surface area (Å²) in [6, 6.07) is 33.8. The molecule has 0 bridgehead atoms. The molecule has 4 rings (SSSR count). The second-order valence-electron chi connectivity index (χ2n) is 7.91. The van der Waals surface area contributed by atoms with Gasteiger partial charge in [-0.1, -0.05) is 84.6 Å². The van der Waals surface area contributed by atoms with Crippen LogP contribution in [-0.4, -0.2) is 14.3 Å². The van der Waals surface area contributed by atoms with Crippen LogP contribution >= 0.6 is 11.8 Å². The Morgan fingerprint density at radius 1 is 0.714 bits per heavy atom. The van der Waals surface area contributed by atoms with Crippen LogP contribution < -0.4 is 10.0 Å². The maximum absolute atomic E-state index is 12.6. The average Bonchev–Trinajstić information content (AvgIpc) is 2.89. The van der Waals surface area contributed by atoms with Gasteiger partial charge in [0.15, 0.2) is 0 Å². The summed E-state index contributed by atoms with van der Waals surface area (Å²) >= 11 is 1.60. The first-order valence-corrected chi connectivity index (χ1v) is 13.5. The number of amides is 1. The molecule has 178 valence electrons. The van der Waals surface area contributed by atoms with Gasteiger partial charge in [0.25, 0.3) is 0 Å². The lowest BCUT2D eigenvalue weighted by molar-refractivity contribution is -0.116. The largest absolute Gasteiger partial charge is 0.325 e. The first-order chi connectivity index (χ1) is 17.0. The lowest BCUT2D eigenvalue weighted by Gasteiger charge is -2.11. The first kappa shape index (κ1) is 24.7. The van der Waals surface area contributed by atoms with Gasteiger partial charge in [0.05, 0.1) is 10.6 Å². The molecule has 4 aromatic carbocycles. The summed E-state index contributed by atoms with van der Waals surface area (Å²) in [7, 11) is -3.61. The van der Waals surface area contributed by atoms with Gasteiger partial charge in [0, 0.05) is 22.8 Å². The summed E-state index contributed by atoms with van der Waals surface area (Å²) in [6.45, 7) is 0.231. The SMILES string of the molecule is O=C(CCc1ccc(S(=O)(=O)NCc2ccccc2)cc1)Nc1ccccc1Sc1ccccc1. The minimum Gasteiger partial charge on any atom is -0.325 e. The Morgan fingerprint density at radius 2 is 1.34 bits per heavy atom. The van der Waals surface area contributed by atoms with E-state index in [1.807, 2.05) is 84.9 Å². The highest BCUT2D eigenvalue weighted by Crippen LogP contribution is 2.33. The summed E-state index contributed by atoms with van der Waals surface area (Å²) in [5.41, 5.74) is 2.56. The number of benzene rings is 4. The molecule has 0 aliphatic carbocycles. The van der Waals surface area contributed by atoms with Crippen molar-refractivity contribution >= 4 is 33.4 Å². The van der Waals surface area contributed by atoms with E-state index < -0.39 is 10.0 Å². The van der Waals surface area contributed by atoms with Crippen LogP contribution in [0.15, 0.2) is 124 Å². The van der Waals surface area contributed by atoms with Gasteiger partial charge in [-0.2, -0.15) is 0 Å². The zero-order valence-corrected chi connectivity index (χ0v) is 20.7. The topological polar surface area (TPSA) is 75.3 Å². The molecule has 0 spiro atoms. The Balaban J connectivity index is 1.31. The molecule has 0 saturated heterocycles. The third-order valence-electron chi connectivity index (χ3n) is 5.32. The van der Waals surface area contributed by atoms with Crippen molar-refractivity contribution in [1.82, 2.24) is 4.72 Å². The molecular formula is C28H26N2O3S2. The zero-order chi connectivity index (χ0) is 24.5. The molecule has 1 amide bonds. The van der Waals surface area contributed by atoms with E-state index in [1.54, 1.807) is 36.0 Å². The third-order valence-corrected chi connectivity index (χ3v) is 7.82. The van der Waals surface area contributed by atoms with Crippen molar-refractivity contribution in [2.45, 2.75) is 34.1 Å². The highest BCUT2D eigenvalue weighted by Gasteiger charge is 2.14. The second-order valence-corrected chi connectivity index (χ2v) is 10.8. The number of aryl methyl sites for hydroxylation is 1. The fourth-order valence-electron chi connectivity index (χ4n) is 3.44. The van der Waals surface area contributed by atoms with Crippen molar-refractivity contribution in [2.75, 3.05) is 5.32 Å². The van der Waals surface area contributed by atoms with Crippen molar-refractivity contribution in [2.24, 2.45) is 0 Å². The van der Waals surface area contributed by atoms with E-state index >= 15 is 0 Å². The predicted octanol–water partition coefficient (Wildman–Crippen LogP) is 5.89. The number of carbonyl (C=O) groups excluding carboxylic acids is 1. The molecule has 0 saturated carbocycles. The van der Waals surface area contributed by atoms with Crippen molar-refractivity contribution in [3.05, 3.63) is 120 Å². The quantitative estimate of drug-likeness (QED) is 0.284. The molecule has 0 aromatic heterocycles. The molecule has 2 N–H and O–H groups in total. The predicted molar refractivity (Wildman–Crippen MR) is 141 cm³/mol. The van der Waals surface area contributed by atoms with Crippen LogP contribution in [0.2, 0.25) is 0 Å². The maximum Gasteiger partial charge on any atom is 0.240 e. The number of sulfonamides is 1. The molecule has 0 aliphatic rings. The van der Waals surface area contributed by atoms with Gasteiger partial charge >= 0.3 is 0 Å². The Morgan fingerprint density at radius 3 is 2.06 bits per heavy atom. The smallest absolute Gasteiger partial charge is 0.240 e. The molecule has 5 nitrogen and oxygen atoms in total. The third kappa shape index (κ3) is 7.29. The summed E-state index contributed by atoms with van der Waals surface area (Å²) in [5, 5.41) is 3.00. The highest BCUT2D eigenvalue weighted by atomic mass is 32.2. The van der Waals surface area contributed by atoms with Gasteiger partial charge in [-0.05, 0) is 53.9 Å². The van der Waals surface area contributed by atoms with Gasteiger partial charge in [-0.3, -0.25) is 4.79 Å². The first-order valence-electron chi connectivity index (χ1n) is 11.2. The van der Waals surface area contributed by atoms with E-state index in [1.165, 1.54) is 0 Å². The average molecular weight is 503 g/mol. The van der Waals surface area contributed by atoms with Crippen molar-refractivity contribution in [3.8, 4) is 0 Å². The molecule has 4 aromatic rings. The number of carbonyl (C=O) groups is 1. The minimum absolute atomic E-state index is 0.0904. The second kappa shape index (κ2) is 11.8. The van der Waals surface area contributed by atoms with Gasteiger partial charge in [0.1, 0.15) is 0 Å². The Kier molecular flexibility index (Phi) is 8.36. The van der Waals surface area contributed by atoms with Crippen LogP contribution in [0, 0.1) is 0 Å². The Bertz CT molecular complexity index is 1360. The number of hydrogen-bond acceptors (Lipinski definition) is 4. The fraction of sp³-hybridized carbons (Fsp3) is 0.107. The summed E-state index contributed by atoms with van der Waals surface area (Å²) in [5.74, 6) is -0.0904. The standard InChI is InChI=1S/C28H26N2O3S2/c31-28(30-26-13-7-8-14-27(26)34-24-11-5-2-6-12-24)20-17-22-15-18-25(19-16-22)35(32,33)29-21-23-9-3-1-4-10-23/h1-16,18-19,29H,17,20-21H2,(H,30,31). The molecule has 0 heterocycles. The zero-order valence-electron chi connectivity index (χ0n) is 19.1. The molecule has 0 fully saturated rings. The van der Waals surface area contributed by atoms with E-state index in [0.717, 1.165) is 26.6 Å². The normalized spacial score (nSPS) is 11.2. The van der Waals surface area contributed by atoms with Crippen LogP contribution in [0.5, 0.6) is 0 Å². The number of hydrogen-bond donors (Lipinski definition) is 2. The number of para-hydroxylation sites is 1. The van der Waals surface area contributed by atoms with Crippen molar-refractivity contribution in [1.29, 1.82) is 0 Å². The highest BCUT2D eigenvalue weighted by molar-refractivity contribution is 7.99.